The lowest BCUT2D eigenvalue weighted by molar-refractivity contribution is -0.145. The Hall–Kier alpha value is -1.33. The number of fused-ring (bicyclic) bond motifs is 1. The number of hydrogen-bond donors (Lipinski definition) is 1. The number of halogens is 1. The molecule has 0 saturated heterocycles. The van der Waals surface area contributed by atoms with E-state index in [1.807, 2.05) is 24.3 Å². The molecule has 0 saturated carbocycles. The Bertz CT molecular complexity index is 489. The van der Waals surface area contributed by atoms with Gasteiger partial charge in [-0.2, -0.15) is 0 Å². The minimum atomic E-state index is -0.220. The Kier molecular flexibility index (Phi) is 5.61. The molecule has 1 aromatic carbocycles. The lowest BCUT2D eigenvalue weighted by Gasteiger charge is -2.15. The molecule has 2 aromatic rings. The fourth-order valence-corrected chi connectivity index (χ4v) is 2.10. The van der Waals surface area contributed by atoms with Crippen LogP contribution in [0.4, 0.5) is 0 Å². The quantitative estimate of drug-likeness (QED) is 0.942. The van der Waals surface area contributed by atoms with Gasteiger partial charge in [0.25, 0.3) is 0 Å². The van der Waals surface area contributed by atoms with Gasteiger partial charge in [-0.1, -0.05) is 24.3 Å². The molecule has 2 heterocycles. The maximum absolute atomic E-state index is 5.73. The molecule has 4 nitrogen and oxygen atoms in total. The molecule has 108 valence electrons. The average molecular weight is 296 g/mol. The fraction of sp³-hybridized carbons (Fsp3) is 0.333. The largest absolute Gasteiger partial charge is 0.468 e. The van der Waals surface area contributed by atoms with Crippen molar-refractivity contribution in [2.75, 3.05) is 6.54 Å². The van der Waals surface area contributed by atoms with Crippen molar-refractivity contribution in [2.24, 2.45) is 0 Å². The number of nitrogens with one attached hydrogen (secondary N) is 1. The van der Waals surface area contributed by atoms with Crippen molar-refractivity contribution in [1.82, 2.24) is 5.32 Å². The first-order valence-corrected chi connectivity index (χ1v) is 6.45. The third kappa shape index (κ3) is 3.84. The van der Waals surface area contributed by atoms with Gasteiger partial charge in [-0.15, -0.1) is 12.4 Å². The van der Waals surface area contributed by atoms with Crippen molar-refractivity contribution in [2.45, 2.75) is 26.0 Å². The SMILES string of the molecule is Cl.c1coc(CNCC2OCc3ccccc3CO2)c1. The Labute approximate surface area is 124 Å². The van der Waals surface area contributed by atoms with Gasteiger partial charge in [0.15, 0.2) is 6.29 Å². The van der Waals surface area contributed by atoms with E-state index in [4.69, 9.17) is 13.9 Å². The van der Waals surface area contributed by atoms with Gasteiger partial charge in [-0.3, -0.25) is 0 Å². The van der Waals surface area contributed by atoms with E-state index in [-0.39, 0.29) is 18.7 Å². The van der Waals surface area contributed by atoms with Gasteiger partial charge < -0.3 is 19.2 Å². The molecular formula is C15H18ClNO3. The minimum absolute atomic E-state index is 0. The number of furan rings is 1. The van der Waals surface area contributed by atoms with Crippen molar-refractivity contribution < 1.29 is 13.9 Å². The molecule has 3 rings (SSSR count). The van der Waals surface area contributed by atoms with Crippen molar-refractivity contribution in [3.05, 3.63) is 59.5 Å². The molecule has 0 aliphatic carbocycles. The van der Waals surface area contributed by atoms with E-state index < -0.39 is 0 Å². The molecule has 0 amide bonds. The normalized spacial score (nSPS) is 15.2. The van der Waals surface area contributed by atoms with Gasteiger partial charge in [-0.05, 0) is 23.3 Å². The van der Waals surface area contributed by atoms with E-state index in [1.165, 1.54) is 11.1 Å². The second-order valence-corrected chi connectivity index (χ2v) is 4.53. The van der Waals surface area contributed by atoms with Crippen LogP contribution < -0.4 is 5.32 Å². The highest BCUT2D eigenvalue weighted by molar-refractivity contribution is 5.85. The van der Waals surface area contributed by atoms with Crippen LogP contribution in [0, 0.1) is 0 Å². The van der Waals surface area contributed by atoms with Gasteiger partial charge in [-0.25, -0.2) is 0 Å². The summed E-state index contributed by atoms with van der Waals surface area (Å²) >= 11 is 0. The predicted octanol–water partition coefficient (Wildman–Crippen LogP) is 2.86. The molecule has 1 aliphatic rings. The van der Waals surface area contributed by atoms with Crippen LogP contribution in [0.1, 0.15) is 16.9 Å². The summed E-state index contributed by atoms with van der Waals surface area (Å²) in [5.41, 5.74) is 2.41. The summed E-state index contributed by atoms with van der Waals surface area (Å²) in [6.45, 7) is 2.53. The summed E-state index contributed by atoms with van der Waals surface area (Å²) in [4.78, 5) is 0. The first kappa shape index (κ1) is 15.1. The van der Waals surface area contributed by atoms with Crippen LogP contribution in [0.2, 0.25) is 0 Å². The van der Waals surface area contributed by atoms with E-state index in [0.717, 1.165) is 5.76 Å². The lowest BCUT2D eigenvalue weighted by Crippen LogP contribution is -2.30. The molecule has 0 spiro atoms. The van der Waals surface area contributed by atoms with Crippen LogP contribution in [-0.2, 0) is 29.2 Å². The fourth-order valence-electron chi connectivity index (χ4n) is 2.10. The molecule has 0 bridgehead atoms. The molecular weight excluding hydrogens is 278 g/mol. The molecule has 0 unspecified atom stereocenters. The zero-order chi connectivity index (χ0) is 12.9. The van der Waals surface area contributed by atoms with Crippen molar-refractivity contribution in [1.29, 1.82) is 0 Å². The first-order valence-electron chi connectivity index (χ1n) is 6.45. The Morgan fingerprint density at radius 3 is 2.30 bits per heavy atom. The van der Waals surface area contributed by atoms with Crippen molar-refractivity contribution >= 4 is 12.4 Å². The summed E-state index contributed by atoms with van der Waals surface area (Å²) in [5, 5.41) is 3.27. The molecule has 0 radical (unpaired) electrons. The van der Waals surface area contributed by atoms with E-state index in [9.17, 15) is 0 Å². The van der Waals surface area contributed by atoms with Gasteiger partial charge in [0.05, 0.1) is 26.0 Å². The smallest absolute Gasteiger partial charge is 0.170 e. The van der Waals surface area contributed by atoms with E-state index in [1.54, 1.807) is 6.26 Å². The van der Waals surface area contributed by atoms with Crippen LogP contribution in [0.3, 0.4) is 0 Å². The lowest BCUT2D eigenvalue weighted by atomic mass is 10.1. The molecule has 1 aromatic heterocycles. The molecule has 1 aliphatic heterocycles. The van der Waals surface area contributed by atoms with Gasteiger partial charge in [0, 0.05) is 6.54 Å². The highest BCUT2D eigenvalue weighted by Crippen LogP contribution is 2.17. The zero-order valence-electron chi connectivity index (χ0n) is 11.1. The predicted molar refractivity (Wildman–Crippen MR) is 77.5 cm³/mol. The van der Waals surface area contributed by atoms with E-state index in [2.05, 4.69) is 17.4 Å². The number of rotatable bonds is 4. The maximum Gasteiger partial charge on any atom is 0.170 e. The molecule has 0 atom stereocenters. The minimum Gasteiger partial charge on any atom is -0.468 e. The highest BCUT2D eigenvalue weighted by atomic mass is 35.5. The Morgan fingerprint density at radius 2 is 1.70 bits per heavy atom. The molecule has 5 heteroatoms. The zero-order valence-corrected chi connectivity index (χ0v) is 11.9. The summed E-state index contributed by atoms with van der Waals surface area (Å²) in [6, 6.07) is 12.0. The van der Waals surface area contributed by atoms with Gasteiger partial charge >= 0.3 is 0 Å². The van der Waals surface area contributed by atoms with Crippen LogP contribution in [0.25, 0.3) is 0 Å². The Morgan fingerprint density at radius 1 is 1.00 bits per heavy atom. The number of hydrogen-bond acceptors (Lipinski definition) is 4. The number of benzene rings is 1. The van der Waals surface area contributed by atoms with Gasteiger partial charge in [0.1, 0.15) is 5.76 Å². The number of ether oxygens (including phenoxy) is 2. The highest BCUT2D eigenvalue weighted by Gasteiger charge is 2.16. The summed E-state index contributed by atoms with van der Waals surface area (Å²) in [5.74, 6) is 0.914. The molecule has 1 N–H and O–H groups in total. The summed E-state index contributed by atoms with van der Waals surface area (Å²) in [7, 11) is 0. The average Bonchev–Trinajstić information content (AvgIpc) is 2.87. The third-order valence-corrected chi connectivity index (χ3v) is 3.16. The summed E-state index contributed by atoms with van der Waals surface area (Å²) < 4.78 is 16.7. The second-order valence-electron chi connectivity index (χ2n) is 4.53. The van der Waals surface area contributed by atoms with E-state index >= 15 is 0 Å². The topological polar surface area (TPSA) is 43.6 Å². The van der Waals surface area contributed by atoms with Crippen molar-refractivity contribution in [3.63, 3.8) is 0 Å². The van der Waals surface area contributed by atoms with Crippen LogP contribution >= 0.6 is 12.4 Å². The maximum atomic E-state index is 5.73. The Balaban J connectivity index is 0.00000147. The molecule has 0 fully saturated rings. The standard InChI is InChI=1S/C15H17NO3.ClH/c1-2-5-13-11-19-15(18-10-12(13)4-1)9-16-8-14-6-3-7-17-14;/h1-7,15-16H,8-11H2;1H. The summed E-state index contributed by atoms with van der Waals surface area (Å²) in [6.07, 6.45) is 1.45. The van der Waals surface area contributed by atoms with E-state index in [0.29, 0.717) is 26.3 Å². The van der Waals surface area contributed by atoms with Crippen molar-refractivity contribution in [3.8, 4) is 0 Å². The third-order valence-electron chi connectivity index (χ3n) is 3.16. The first-order chi connectivity index (χ1) is 9.42. The molecule has 20 heavy (non-hydrogen) atoms. The van der Waals surface area contributed by atoms with Gasteiger partial charge in [0.2, 0.25) is 0 Å². The second kappa shape index (κ2) is 7.45. The van der Waals surface area contributed by atoms with Crippen LogP contribution in [0.15, 0.2) is 47.1 Å². The van der Waals surface area contributed by atoms with Crippen LogP contribution in [0.5, 0.6) is 0 Å². The van der Waals surface area contributed by atoms with Crippen LogP contribution in [-0.4, -0.2) is 12.8 Å². The monoisotopic (exact) mass is 295 g/mol.